The molecule has 0 radical (unpaired) electrons. The molecule has 5 rings (SSSR count). The molecule has 31 heavy (non-hydrogen) atoms. The molecule has 7 heteroatoms. The van der Waals surface area contributed by atoms with Gasteiger partial charge in [0, 0.05) is 31.7 Å². The Labute approximate surface area is 181 Å². The number of fused-ring (bicyclic) bond motifs is 1. The van der Waals surface area contributed by atoms with Crippen LogP contribution in [0.25, 0.3) is 17.0 Å². The molecule has 1 aliphatic rings. The molecular formula is C24H26N6O. The van der Waals surface area contributed by atoms with Gasteiger partial charge in [-0.15, -0.1) is 0 Å². The molecule has 7 nitrogen and oxygen atoms in total. The Morgan fingerprint density at radius 1 is 1.13 bits per heavy atom. The average molecular weight is 415 g/mol. The van der Waals surface area contributed by atoms with Gasteiger partial charge >= 0.3 is 0 Å². The van der Waals surface area contributed by atoms with Crippen molar-refractivity contribution in [3.05, 3.63) is 72.4 Å². The number of hydrogen-bond donors (Lipinski definition) is 0. The minimum absolute atomic E-state index is 0.0879. The van der Waals surface area contributed by atoms with E-state index in [1.807, 2.05) is 65.0 Å². The highest BCUT2D eigenvalue weighted by molar-refractivity contribution is 5.99. The third kappa shape index (κ3) is 3.60. The van der Waals surface area contributed by atoms with Gasteiger partial charge < -0.3 is 4.90 Å². The van der Waals surface area contributed by atoms with E-state index in [0.29, 0.717) is 30.3 Å². The molecule has 0 bridgehead atoms. The van der Waals surface area contributed by atoms with E-state index >= 15 is 0 Å². The molecule has 1 aromatic carbocycles. The fourth-order valence-electron chi connectivity index (χ4n) is 4.49. The van der Waals surface area contributed by atoms with Gasteiger partial charge in [0.2, 0.25) is 0 Å². The molecule has 1 aliphatic carbocycles. The Kier molecular flexibility index (Phi) is 5.24. The second-order valence-corrected chi connectivity index (χ2v) is 8.02. The van der Waals surface area contributed by atoms with Crippen molar-refractivity contribution in [2.75, 3.05) is 6.54 Å². The number of benzene rings is 1. The number of aromatic nitrogens is 5. The van der Waals surface area contributed by atoms with Gasteiger partial charge in [-0.2, -0.15) is 5.10 Å². The van der Waals surface area contributed by atoms with Crippen molar-refractivity contribution in [1.29, 1.82) is 0 Å². The molecule has 1 saturated carbocycles. The lowest BCUT2D eigenvalue weighted by Gasteiger charge is -2.20. The first kappa shape index (κ1) is 19.5. The number of imidazole rings is 1. The first-order chi connectivity index (χ1) is 15.3. The molecule has 0 unspecified atom stereocenters. The lowest BCUT2D eigenvalue weighted by Crippen LogP contribution is -2.30. The van der Waals surface area contributed by atoms with Gasteiger partial charge in [0.1, 0.15) is 5.69 Å². The molecule has 0 aliphatic heterocycles. The zero-order valence-electron chi connectivity index (χ0n) is 17.7. The van der Waals surface area contributed by atoms with E-state index in [2.05, 4.69) is 14.8 Å². The summed E-state index contributed by atoms with van der Waals surface area (Å²) in [6, 6.07) is 12.4. The number of rotatable bonds is 6. The third-order valence-electron chi connectivity index (χ3n) is 6.10. The summed E-state index contributed by atoms with van der Waals surface area (Å²) in [4.78, 5) is 24.5. The van der Waals surface area contributed by atoms with E-state index in [-0.39, 0.29) is 5.91 Å². The highest BCUT2D eigenvalue weighted by atomic mass is 16.2. The third-order valence-corrected chi connectivity index (χ3v) is 6.10. The average Bonchev–Trinajstić information content (AvgIpc) is 3.56. The van der Waals surface area contributed by atoms with Crippen LogP contribution in [0.5, 0.6) is 0 Å². The summed E-state index contributed by atoms with van der Waals surface area (Å²) in [5.74, 6) is 0.649. The van der Waals surface area contributed by atoms with Crippen LogP contribution in [-0.4, -0.2) is 41.5 Å². The first-order valence-corrected chi connectivity index (χ1v) is 11.0. The van der Waals surface area contributed by atoms with Crippen molar-refractivity contribution >= 4 is 11.4 Å². The summed E-state index contributed by atoms with van der Waals surface area (Å²) in [5, 5.41) is 4.59. The van der Waals surface area contributed by atoms with Crippen LogP contribution in [-0.2, 0) is 6.54 Å². The van der Waals surface area contributed by atoms with Crippen LogP contribution in [0.4, 0.5) is 0 Å². The Hall–Kier alpha value is -3.48. The van der Waals surface area contributed by atoms with Crippen LogP contribution < -0.4 is 0 Å². The van der Waals surface area contributed by atoms with Gasteiger partial charge in [-0.25, -0.2) is 4.98 Å². The number of hydrogen-bond acceptors (Lipinski definition) is 4. The Morgan fingerprint density at radius 2 is 1.94 bits per heavy atom. The minimum atomic E-state index is -0.0879. The standard InChI is InChI=1S/C24H26N6O/c1-2-28(17-18-8-4-3-5-9-18)24(31)22-21-16-25-14-15-29(21)23(27-22)20-12-13-26-30(20)19-10-6-7-11-19/h3-5,8-9,12-16,19H,2,6-7,10-11,17H2,1H3. The van der Waals surface area contributed by atoms with Gasteiger partial charge in [-0.1, -0.05) is 43.2 Å². The Morgan fingerprint density at radius 3 is 2.71 bits per heavy atom. The second-order valence-electron chi connectivity index (χ2n) is 8.02. The van der Waals surface area contributed by atoms with Crippen molar-refractivity contribution in [3.8, 4) is 11.5 Å². The van der Waals surface area contributed by atoms with Gasteiger partial charge in [-0.05, 0) is 31.4 Å². The monoisotopic (exact) mass is 414 g/mol. The molecule has 0 atom stereocenters. The second kappa shape index (κ2) is 8.34. The van der Waals surface area contributed by atoms with Crippen molar-refractivity contribution in [1.82, 2.24) is 29.0 Å². The molecule has 3 aromatic heterocycles. The molecule has 0 spiro atoms. The quantitative estimate of drug-likeness (QED) is 0.470. The summed E-state index contributed by atoms with van der Waals surface area (Å²) >= 11 is 0. The van der Waals surface area contributed by atoms with Crippen LogP contribution in [0.1, 0.15) is 54.7 Å². The van der Waals surface area contributed by atoms with Gasteiger partial charge in [-0.3, -0.25) is 18.9 Å². The van der Waals surface area contributed by atoms with Gasteiger partial charge in [0.05, 0.1) is 17.8 Å². The highest BCUT2D eigenvalue weighted by Crippen LogP contribution is 2.33. The van der Waals surface area contributed by atoms with Crippen LogP contribution in [0, 0.1) is 0 Å². The maximum absolute atomic E-state index is 13.5. The predicted molar refractivity (Wildman–Crippen MR) is 119 cm³/mol. The number of amides is 1. The van der Waals surface area contributed by atoms with E-state index in [9.17, 15) is 4.79 Å². The molecule has 1 amide bonds. The molecule has 3 heterocycles. The van der Waals surface area contributed by atoms with Crippen LogP contribution in [0.2, 0.25) is 0 Å². The van der Waals surface area contributed by atoms with Crippen LogP contribution in [0.3, 0.4) is 0 Å². The highest BCUT2D eigenvalue weighted by Gasteiger charge is 2.26. The van der Waals surface area contributed by atoms with Crippen molar-refractivity contribution in [2.24, 2.45) is 0 Å². The minimum Gasteiger partial charge on any atom is -0.333 e. The molecule has 0 saturated heterocycles. The lowest BCUT2D eigenvalue weighted by atomic mass is 10.2. The van der Waals surface area contributed by atoms with Crippen molar-refractivity contribution in [2.45, 2.75) is 45.2 Å². The van der Waals surface area contributed by atoms with Gasteiger partial charge in [0.25, 0.3) is 5.91 Å². The topological polar surface area (TPSA) is 68.3 Å². The van der Waals surface area contributed by atoms with E-state index in [1.165, 1.54) is 12.8 Å². The van der Waals surface area contributed by atoms with E-state index in [0.717, 1.165) is 29.9 Å². The fraction of sp³-hybridized carbons (Fsp3) is 0.333. The number of nitrogens with zero attached hydrogens (tertiary/aromatic N) is 6. The first-order valence-electron chi connectivity index (χ1n) is 11.0. The maximum Gasteiger partial charge on any atom is 0.275 e. The Balaban J connectivity index is 1.55. The molecular weight excluding hydrogens is 388 g/mol. The molecule has 158 valence electrons. The number of carbonyl (C=O) groups excluding carboxylic acids is 1. The fourth-order valence-corrected chi connectivity index (χ4v) is 4.49. The smallest absolute Gasteiger partial charge is 0.275 e. The molecule has 1 fully saturated rings. The predicted octanol–water partition coefficient (Wildman–Crippen LogP) is 4.37. The Bertz CT molecular complexity index is 1190. The van der Waals surface area contributed by atoms with Crippen molar-refractivity contribution < 1.29 is 4.79 Å². The zero-order valence-corrected chi connectivity index (χ0v) is 17.7. The number of carbonyl (C=O) groups is 1. The van der Waals surface area contributed by atoms with Crippen molar-refractivity contribution in [3.63, 3.8) is 0 Å². The maximum atomic E-state index is 13.5. The summed E-state index contributed by atoms with van der Waals surface area (Å²) in [5.41, 5.74) is 3.19. The lowest BCUT2D eigenvalue weighted by molar-refractivity contribution is 0.0749. The van der Waals surface area contributed by atoms with E-state index in [4.69, 9.17) is 4.98 Å². The summed E-state index contributed by atoms with van der Waals surface area (Å²) in [7, 11) is 0. The van der Waals surface area contributed by atoms with E-state index < -0.39 is 0 Å². The SMILES string of the molecule is CCN(Cc1ccccc1)C(=O)c1nc(-c2ccnn2C2CCCC2)n2ccncc12. The largest absolute Gasteiger partial charge is 0.333 e. The van der Waals surface area contributed by atoms with Crippen LogP contribution in [0.15, 0.2) is 61.2 Å². The molecule has 4 aromatic rings. The summed E-state index contributed by atoms with van der Waals surface area (Å²) in [6.45, 7) is 3.14. The zero-order chi connectivity index (χ0) is 21.2. The van der Waals surface area contributed by atoms with Gasteiger partial charge in [0.15, 0.2) is 11.5 Å². The normalized spacial score (nSPS) is 14.4. The molecule has 0 N–H and O–H groups in total. The van der Waals surface area contributed by atoms with Crippen LogP contribution >= 0.6 is 0 Å². The summed E-state index contributed by atoms with van der Waals surface area (Å²) in [6.07, 6.45) is 11.9. The van der Waals surface area contributed by atoms with E-state index in [1.54, 1.807) is 12.4 Å². The summed E-state index contributed by atoms with van der Waals surface area (Å²) < 4.78 is 4.04.